The van der Waals surface area contributed by atoms with Crippen LogP contribution in [0.3, 0.4) is 0 Å². The molecular weight excluding hydrogens is 357 g/mol. The normalized spacial score (nSPS) is 19.3. The Bertz CT molecular complexity index is 864. The molecule has 1 aliphatic heterocycles. The first-order valence-electron chi connectivity index (χ1n) is 9.75. The van der Waals surface area contributed by atoms with Crippen molar-refractivity contribution >= 4 is 17.5 Å². The molecule has 28 heavy (non-hydrogen) atoms. The highest BCUT2D eigenvalue weighted by atomic mass is 19.1. The molecule has 0 aromatic heterocycles. The fourth-order valence-corrected chi connectivity index (χ4v) is 3.59. The minimum atomic E-state index is -0.292. The van der Waals surface area contributed by atoms with E-state index in [1.165, 1.54) is 12.1 Å². The van der Waals surface area contributed by atoms with Gasteiger partial charge in [0.1, 0.15) is 5.82 Å². The number of carbonyl (C=O) groups is 2. The summed E-state index contributed by atoms with van der Waals surface area (Å²) >= 11 is 0. The molecule has 1 heterocycles. The molecule has 1 saturated carbocycles. The van der Waals surface area contributed by atoms with Gasteiger partial charge in [0.15, 0.2) is 0 Å². The van der Waals surface area contributed by atoms with Gasteiger partial charge in [-0.25, -0.2) is 4.39 Å². The van der Waals surface area contributed by atoms with E-state index in [2.05, 4.69) is 10.6 Å². The SMILES string of the molecule is O=C(Nc1ccc(CC(=O)N2CCNCC2c2cccc(F)c2)cc1)C1CC1. The lowest BCUT2D eigenvalue weighted by atomic mass is 10.0. The van der Waals surface area contributed by atoms with Gasteiger partial charge in [-0.05, 0) is 48.2 Å². The number of halogens is 1. The lowest BCUT2D eigenvalue weighted by Gasteiger charge is -2.36. The van der Waals surface area contributed by atoms with Crippen molar-refractivity contribution in [3.8, 4) is 0 Å². The van der Waals surface area contributed by atoms with Crippen LogP contribution in [0.15, 0.2) is 48.5 Å². The fraction of sp³-hybridized carbons (Fsp3) is 0.364. The zero-order chi connectivity index (χ0) is 19.5. The average molecular weight is 381 g/mol. The number of nitrogens with one attached hydrogen (secondary N) is 2. The van der Waals surface area contributed by atoms with Gasteiger partial charge in [0.05, 0.1) is 12.5 Å². The highest BCUT2D eigenvalue weighted by molar-refractivity contribution is 5.94. The first-order chi connectivity index (χ1) is 13.6. The Morgan fingerprint density at radius 2 is 1.93 bits per heavy atom. The summed E-state index contributed by atoms with van der Waals surface area (Å²) in [5, 5.41) is 6.19. The highest BCUT2D eigenvalue weighted by Gasteiger charge is 2.30. The van der Waals surface area contributed by atoms with E-state index in [1.807, 2.05) is 35.2 Å². The summed E-state index contributed by atoms with van der Waals surface area (Å²) in [4.78, 5) is 26.6. The van der Waals surface area contributed by atoms with Crippen LogP contribution in [0.2, 0.25) is 0 Å². The second-order valence-electron chi connectivity index (χ2n) is 7.50. The van der Waals surface area contributed by atoms with Crippen molar-refractivity contribution < 1.29 is 14.0 Å². The Morgan fingerprint density at radius 1 is 1.14 bits per heavy atom. The van der Waals surface area contributed by atoms with Gasteiger partial charge in [-0.2, -0.15) is 0 Å². The second kappa shape index (κ2) is 8.10. The van der Waals surface area contributed by atoms with E-state index in [0.29, 0.717) is 13.1 Å². The molecule has 2 aromatic carbocycles. The van der Waals surface area contributed by atoms with Crippen LogP contribution in [0.1, 0.15) is 30.0 Å². The lowest BCUT2D eigenvalue weighted by molar-refractivity contribution is -0.133. The molecule has 1 atom stereocenters. The molecule has 1 unspecified atom stereocenters. The molecule has 4 rings (SSSR count). The zero-order valence-electron chi connectivity index (χ0n) is 15.7. The third kappa shape index (κ3) is 4.39. The van der Waals surface area contributed by atoms with Gasteiger partial charge in [-0.1, -0.05) is 24.3 Å². The summed E-state index contributed by atoms with van der Waals surface area (Å²) in [6, 6.07) is 13.7. The smallest absolute Gasteiger partial charge is 0.227 e. The predicted octanol–water partition coefficient (Wildman–Crippen LogP) is 2.89. The van der Waals surface area contributed by atoms with Gasteiger partial charge in [0, 0.05) is 31.2 Å². The Morgan fingerprint density at radius 3 is 2.64 bits per heavy atom. The number of amides is 2. The van der Waals surface area contributed by atoms with Crippen LogP contribution in [0.4, 0.5) is 10.1 Å². The Hall–Kier alpha value is -2.73. The Kier molecular flexibility index (Phi) is 5.39. The van der Waals surface area contributed by atoms with Crippen LogP contribution >= 0.6 is 0 Å². The van der Waals surface area contributed by atoms with Gasteiger partial charge in [-0.15, -0.1) is 0 Å². The molecule has 1 aliphatic carbocycles. The number of anilines is 1. The number of nitrogens with zero attached hydrogens (tertiary/aromatic N) is 1. The number of benzene rings is 2. The number of hydrogen-bond donors (Lipinski definition) is 2. The number of hydrogen-bond acceptors (Lipinski definition) is 3. The molecule has 2 aromatic rings. The number of carbonyl (C=O) groups excluding carboxylic acids is 2. The van der Waals surface area contributed by atoms with E-state index in [4.69, 9.17) is 0 Å². The maximum Gasteiger partial charge on any atom is 0.227 e. The quantitative estimate of drug-likeness (QED) is 0.837. The topological polar surface area (TPSA) is 61.4 Å². The molecule has 2 N–H and O–H groups in total. The van der Waals surface area contributed by atoms with Crippen LogP contribution in [0.5, 0.6) is 0 Å². The van der Waals surface area contributed by atoms with Crippen molar-refractivity contribution in [3.63, 3.8) is 0 Å². The summed E-state index contributed by atoms with van der Waals surface area (Å²) in [6.45, 7) is 1.93. The second-order valence-corrected chi connectivity index (χ2v) is 7.50. The van der Waals surface area contributed by atoms with Gasteiger partial charge in [0.2, 0.25) is 11.8 Å². The minimum Gasteiger partial charge on any atom is -0.333 e. The molecule has 1 saturated heterocycles. The van der Waals surface area contributed by atoms with Crippen molar-refractivity contribution in [2.45, 2.75) is 25.3 Å². The first-order valence-corrected chi connectivity index (χ1v) is 9.75. The van der Waals surface area contributed by atoms with Crippen molar-refractivity contribution in [1.29, 1.82) is 0 Å². The van der Waals surface area contributed by atoms with Gasteiger partial charge >= 0.3 is 0 Å². The molecule has 0 radical (unpaired) electrons. The first kappa shape index (κ1) is 18.6. The van der Waals surface area contributed by atoms with E-state index in [9.17, 15) is 14.0 Å². The van der Waals surface area contributed by atoms with Gasteiger partial charge in [0.25, 0.3) is 0 Å². The van der Waals surface area contributed by atoms with E-state index >= 15 is 0 Å². The third-order valence-corrected chi connectivity index (χ3v) is 5.32. The minimum absolute atomic E-state index is 0.0190. The largest absolute Gasteiger partial charge is 0.333 e. The van der Waals surface area contributed by atoms with Crippen LogP contribution in [-0.2, 0) is 16.0 Å². The van der Waals surface area contributed by atoms with Crippen LogP contribution in [-0.4, -0.2) is 36.3 Å². The summed E-state index contributed by atoms with van der Waals surface area (Å²) in [7, 11) is 0. The molecule has 2 amide bonds. The van der Waals surface area contributed by atoms with E-state index < -0.39 is 0 Å². The van der Waals surface area contributed by atoms with Crippen molar-refractivity contribution in [1.82, 2.24) is 10.2 Å². The summed E-state index contributed by atoms with van der Waals surface area (Å²) < 4.78 is 13.6. The van der Waals surface area contributed by atoms with Gasteiger partial charge < -0.3 is 15.5 Å². The average Bonchev–Trinajstić information content (AvgIpc) is 3.55. The fourth-order valence-electron chi connectivity index (χ4n) is 3.59. The van der Waals surface area contributed by atoms with Crippen LogP contribution < -0.4 is 10.6 Å². The monoisotopic (exact) mass is 381 g/mol. The zero-order valence-corrected chi connectivity index (χ0v) is 15.7. The highest BCUT2D eigenvalue weighted by Crippen LogP contribution is 2.30. The maximum absolute atomic E-state index is 13.6. The van der Waals surface area contributed by atoms with Crippen LogP contribution in [0.25, 0.3) is 0 Å². The molecule has 0 spiro atoms. The molecular formula is C22H24FN3O2. The van der Waals surface area contributed by atoms with E-state index in [0.717, 1.165) is 36.2 Å². The molecule has 2 fully saturated rings. The Labute approximate surface area is 163 Å². The maximum atomic E-state index is 13.6. The van der Waals surface area contributed by atoms with E-state index in [-0.39, 0.29) is 36.0 Å². The number of rotatable bonds is 5. The standard InChI is InChI=1S/C22H24FN3O2/c23-18-3-1-2-17(13-18)20-14-24-10-11-26(20)21(27)12-15-4-8-19(9-5-15)25-22(28)16-6-7-16/h1-5,8-9,13,16,20,24H,6-7,10-12,14H2,(H,25,28). The van der Waals surface area contributed by atoms with Crippen molar-refractivity contribution in [3.05, 3.63) is 65.5 Å². The van der Waals surface area contributed by atoms with Crippen LogP contribution in [0, 0.1) is 11.7 Å². The molecule has 6 heteroatoms. The van der Waals surface area contributed by atoms with Crippen molar-refractivity contribution in [2.75, 3.05) is 25.0 Å². The lowest BCUT2D eigenvalue weighted by Crippen LogP contribution is -2.49. The molecule has 0 bridgehead atoms. The molecule has 146 valence electrons. The molecule has 5 nitrogen and oxygen atoms in total. The van der Waals surface area contributed by atoms with Crippen molar-refractivity contribution in [2.24, 2.45) is 5.92 Å². The summed E-state index contributed by atoms with van der Waals surface area (Å²) in [5.41, 5.74) is 2.46. The predicted molar refractivity (Wildman–Crippen MR) is 105 cm³/mol. The molecule has 2 aliphatic rings. The van der Waals surface area contributed by atoms with E-state index in [1.54, 1.807) is 6.07 Å². The number of piperazine rings is 1. The summed E-state index contributed by atoms with van der Waals surface area (Å²) in [5.74, 6) is -0.0406. The van der Waals surface area contributed by atoms with Gasteiger partial charge in [-0.3, -0.25) is 9.59 Å². The summed E-state index contributed by atoms with van der Waals surface area (Å²) in [6.07, 6.45) is 2.22. The Balaban J connectivity index is 1.41. The third-order valence-electron chi connectivity index (χ3n) is 5.32.